The smallest absolute Gasteiger partial charge is 0.257 e. The van der Waals surface area contributed by atoms with Gasteiger partial charge < -0.3 is 16.2 Å². The molecule has 1 heterocycles. The number of fused-ring (bicyclic) bond motifs is 1. The monoisotopic (exact) mass is 286 g/mol. The lowest BCUT2D eigenvalue weighted by atomic mass is 10.1. The second kappa shape index (κ2) is 5.57. The summed E-state index contributed by atoms with van der Waals surface area (Å²) in [6.45, 7) is 0.000174. The van der Waals surface area contributed by atoms with E-state index in [1.165, 1.54) is 28.2 Å². The molecule has 0 saturated carbocycles. The van der Waals surface area contributed by atoms with E-state index >= 15 is 0 Å². The number of nitrogens with one attached hydrogen (secondary N) is 1. The molecule has 0 unspecified atom stereocenters. The third-order valence-corrected chi connectivity index (χ3v) is 3.73. The van der Waals surface area contributed by atoms with Crippen molar-refractivity contribution in [3.8, 4) is 0 Å². The van der Waals surface area contributed by atoms with Crippen molar-refractivity contribution < 1.29 is 5.11 Å². The van der Waals surface area contributed by atoms with Crippen molar-refractivity contribution in [1.29, 1.82) is 0 Å². The van der Waals surface area contributed by atoms with E-state index in [4.69, 9.17) is 10.8 Å². The van der Waals surface area contributed by atoms with Crippen molar-refractivity contribution in [2.75, 3.05) is 17.7 Å². The van der Waals surface area contributed by atoms with Gasteiger partial charge in [-0.3, -0.25) is 9.36 Å². The molecule has 0 atom stereocenters. The van der Waals surface area contributed by atoms with E-state index in [1.54, 1.807) is 0 Å². The normalized spacial score (nSPS) is 13.2. The van der Waals surface area contributed by atoms with Gasteiger partial charge in [0.15, 0.2) is 0 Å². The fourth-order valence-corrected chi connectivity index (χ4v) is 2.71. The van der Waals surface area contributed by atoms with Gasteiger partial charge in [-0.15, -0.1) is 0 Å². The Balaban J connectivity index is 1.87. The molecule has 0 radical (unpaired) electrons. The lowest BCUT2D eigenvalue weighted by Crippen LogP contribution is -2.25. The minimum atomic E-state index is -0.278. The van der Waals surface area contributed by atoms with Crippen LogP contribution in [-0.4, -0.2) is 21.3 Å². The molecule has 1 aliphatic carbocycles. The average Bonchev–Trinajstić information content (AvgIpc) is 2.90. The Bertz CT molecular complexity index is 724. The molecule has 1 aromatic heterocycles. The van der Waals surface area contributed by atoms with Gasteiger partial charge in [0.1, 0.15) is 5.82 Å². The Morgan fingerprint density at radius 2 is 2.10 bits per heavy atom. The molecule has 0 bridgehead atoms. The number of aliphatic hydroxyl groups excluding tert-OH is 1. The van der Waals surface area contributed by atoms with Crippen LogP contribution in [0.5, 0.6) is 0 Å². The van der Waals surface area contributed by atoms with E-state index in [1.807, 2.05) is 6.07 Å². The van der Waals surface area contributed by atoms with Crippen LogP contribution >= 0.6 is 0 Å². The summed E-state index contributed by atoms with van der Waals surface area (Å²) in [6, 6.07) is 7.58. The van der Waals surface area contributed by atoms with E-state index in [9.17, 15) is 4.79 Å². The molecule has 0 spiro atoms. The molecule has 3 rings (SSSR count). The van der Waals surface area contributed by atoms with Crippen molar-refractivity contribution in [2.45, 2.75) is 25.8 Å². The zero-order valence-corrected chi connectivity index (χ0v) is 11.7. The number of aromatic nitrogens is 2. The largest absolute Gasteiger partial charge is 0.395 e. The van der Waals surface area contributed by atoms with Gasteiger partial charge in [-0.2, -0.15) is 4.98 Å². The van der Waals surface area contributed by atoms with Crippen molar-refractivity contribution in [3.05, 3.63) is 45.7 Å². The topological polar surface area (TPSA) is 93.2 Å². The van der Waals surface area contributed by atoms with Gasteiger partial charge in [-0.25, -0.2) is 0 Å². The SMILES string of the molecule is Nc1nc(Nc2ccc3c(c2)CCC3)cc(=O)n1CCO. The number of hydrogen-bond acceptors (Lipinski definition) is 5. The number of rotatable bonds is 4. The third-order valence-electron chi connectivity index (χ3n) is 3.73. The quantitative estimate of drug-likeness (QED) is 0.781. The Morgan fingerprint density at radius 3 is 2.86 bits per heavy atom. The number of benzene rings is 1. The highest BCUT2D eigenvalue weighted by molar-refractivity contribution is 5.59. The summed E-state index contributed by atoms with van der Waals surface area (Å²) in [5.74, 6) is 0.518. The molecule has 2 aromatic rings. The average molecular weight is 286 g/mol. The second-order valence-corrected chi connectivity index (χ2v) is 5.18. The van der Waals surface area contributed by atoms with Crippen molar-refractivity contribution in [3.63, 3.8) is 0 Å². The van der Waals surface area contributed by atoms with Crippen LogP contribution in [0.25, 0.3) is 0 Å². The van der Waals surface area contributed by atoms with Crippen LogP contribution in [0.15, 0.2) is 29.1 Å². The first kappa shape index (κ1) is 13.6. The molecule has 1 aliphatic rings. The summed E-state index contributed by atoms with van der Waals surface area (Å²) in [5.41, 5.74) is 9.12. The number of anilines is 3. The number of nitrogen functional groups attached to an aromatic ring is 1. The van der Waals surface area contributed by atoms with Crippen LogP contribution in [0.2, 0.25) is 0 Å². The van der Waals surface area contributed by atoms with Crippen molar-refractivity contribution in [1.82, 2.24) is 9.55 Å². The molecule has 0 aliphatic heterocycles. The first-order valence-electron chi connectivity index (χ1n) is 7.04. The lowest BCUT2D eigenvalue weighted by Gasteiger charge is -2.11. The van der Waals surface area contributed by atoms with Gasteiger partial charge in [0.25, 0.3) is 5.56 Å². The highest BCUT2D eigenvalue weighted by Crippen LogP contribution is 2.26. The van der Waals surface area contributed by atoms with Crippen LogP contribution in [0.1, 0.15) is 17.5 Å². The van der Waals surface area contributed by atoms with E-state index in [2.05, 4.69) is 22.4 Å². The fraction of sp³-hybridized carbons (Fsp3) is 0.333. The maximum Gasteiger partial charge on any atom is 0.257 e. The molecule has 0 saturated heterocycles. The summed E-state index contributed by atoms with van der Waals surface area (Å²) < 4.78 is 1.24. The third kappa shape index (κ3) is 2.75. The van der Waals surface area contributed by atoms with E-state index < -0.39 is 0 Å². The molecule has 110 valence electrons. The summed E-state index contributed by atoms with van der Waals surface area (Å²) >= 11 is 0. The molecule has 6 nitrogen and oxygen atoms in total. The van der Waals surface area contributed by atoms with Gasteiger partial charge in [0.2, 0.25) is 5.95 Å². The summed E-state index contributed by atoms with van der Waals surface area (Å²) in [7, 11) is 0. The molecule has 4 N–H and O–H groups in total. The van der Waals surface area contributed by atoms with Crippen LogP contribution in [0.4, 0.5) is 17.5 Å². The first-order valence-corrected chi connectivity index (χ1v) is 7.04. The Hall–Kier alpha value is -2.34. The van der Waals surface area contributed by atoms with E-state index in [0.717, 1.165) is 18.5 Å². The van der Waals surface area contributed by atoms with Crippen LogP contribution in [0.3, 0.4) is 0 Å². The van der Waals surface area contributed by atoms with Crippen molar-refractivity contribution in [2.24, 2.45) is 0 Å². The second-order valence-electron chi connectivity index (χ2n) is 5.18. The van der Waals surface area contributed by atoms with Gasteiger partial charge in [0.05, 0.1) is 13.2 Å². The van der Waals surface area contributed by atoms with Gasteiger partial charge in [0, 0.05) is 11.8 Å². The molecule has 6 heteroatoms. The standard InChI is InChI=1S/C15H18N4O2/c16-15-18-13(9-14(21)19(15)6-7-20)17-12-5-4-10-2-1-3-11(10)8-12/h4-5,8-9,17,20H,1-3,6-7H2,(H2,16,18). The molecule has 0 amide bonds. The van der Waals surface area contributed by atoms with Crippen LogP contribution < -0.4 is 16.6 Å². The number of nitrogens with zero attached hydrogens (tertiary/aromatic N) is 2. The number of nitrogens with two attached hydrogens (primary N) is 1. The molecule has 0 fully saturated rings. The number of aliphatic hydroxyl groups is 1. The van der Waals surface area contributed by atoms with Crippen molar-refractivity contribution >= 4 is 17.5 Å². The molecular formula is C15H18N4O2. The highest BCUT2D eigenvalue weighted by Gasteiger charge is 2.11. The summed E-state index contributed by atoms with van der Waals surface area (Å²) in [6.07, 6.45) is 3.43. The predicted molar refractivity (Wildman–Crippen MR) is 81.7 cm³/mol. The highest BCUT2D eigenvalue weighted by atomic mass is 16.3. The summed E-state index contributed by atoms with van der Waals surface area (Å²) in [4.78, 5) is 16.1. The maximum absolute atomic E-state index is 11.9. The fourth-order valence-electron chi connectivity index (χ4n) is 2.71. The molecule has 1 aromatic carbocycles. The van der Waals surface area contributed by atoms with Crippen LogP contribution in [-0.2, 0) is 19.4 Å². The maximum atomic E-state index is 11.9. The Labute approximate surface area is 122 Å². The minimum absolute atomic E-state index is 0.0974. The van der Waals surface area contributed by atoms with E-state index in [0.29, 0.717) is 5.82 Å². The summed E-state index contributed by atoms with van der Waals surface area (Å²) in [5, 5.41) is 12.0. The lowest BCUT2D eigenvalue weighted by molar-refractivity contribution is 0.274. The van der Waals surface area contributed by atoms with E-state index in [-0.39, 0.29) is 24.7 Å². The Morgan fingerprint density at radius 1 is 1.29 bits per heavy atom. The zero-order chi connectivity index (χ0) is 14.8. The minimum Gasteiger partial charge on any atom is -0.395 e. The van der Waals surface area contributed by atoms with Gasteiger partial charge >= 0.3 is 0 Å². The molecular weight excluding hydrogens is 268 g/mol. The zero-order valence-electron chi connectivity index (χ0n) is 11.7. The number of aryl methyl sites for hydroxylation is 2. The van der Waals surface area contributed by atoms with Crippen LogP contribution in [0, 0.1) is 0 Å². The predicted octanol–water partition coefficient (Wildman–Crippen LogP) is 1.05. The molecule has 21 heavy (non-hydrogen) atoms. The van der Waals surface area contributed by atoms with Gasteiger partial charge in [-0.1, -0.05) is 6.07 Å². The van der Waals surface area contributed by atoms with Gasteiger partial charge in [-0.05, 0) is 42.5 Å². The Kier molecular flexibility index (Phi) is 3.62. The first-order chi connectivity index (χ1) is 10.2. The number of hydrogen-bond donors (Lipinski definition) is 3.